The molecule has 0 aliphatic carbocycles. The number of rotatable bonds is 9. The molecular weight excluding hydrogens is 472 g/mol. The summed E-state index contributed by atoms with van der Waals surface area (Å²) in [6.45, 7) is 0.0648. The zero-order valence-electron chi connectivity index (χ0n) is 17.4. The number of primary sulfonamides is 1. The van der Waals surface area contributed by atoms with Crippen molar-refractivity contribution in [1.29, 1.82) is 0 Å². The third-order valence-corrected chi connectivity index (χ3v) is 5.95. The Labute approximate surface area is 194 Å². The highest BCUT2D eigenvalue weighted by atomic mass is 35.5. The number of carbonyl (C=O) groups is 1. The Morgan fingerprint density at radius 3 is 2.55 bits per heavy atom. The molecule has 1 heterocycles. The van der Waals surface area contributed by atoms with Crippen molar-refractivity contribution in [3.8, 4) is 0 Å². The van der Waals surface area contributed by atoms with Crippen molar-refractivity contribution in [1.82, 2.24) is 14.9 Å². The van der Waals surface area contributed by atoms with Crippen LogP contribution in [0, 0.1) is 10.1 Å². The van der Waals surface area contributed by atoms with Gasteiger partial charge in [0.05, 0.1) is 9.82 Å². The maximum Gasteiger partial charge on any atom is 0.293 e. The third kappa shape index (κ3) is 6.06. The van der Waals surface area contributed by atoms with E-state index in [1.165, 1.54) is 6.07 Å². The first kappa shape index (κ1) is 24.2. The normalized spacial score (nSPS) is 12.2. The molecule has 1 unspecified atom stereocenters. The van der Waals surface area contributed by atoms with Gasteiger partial charge in [-0.2, -0.15) is 0 Å². The van der Waals surface area contributed by atoms with E-state index < -0.39 is 26.7 Å². The molecule has 0 radical (unpaired) electrons. The van der Waals surface area contributed by atoms with E-state index >= 15 is 0 Å². The average molecular weight is 493 g/mol. The molecule has 0 aliphatic rings. The fourth-order valence-electron chi connectivity index (χ4n) is 3.14. The number of imidazole rings is 1. The van der Waals surface area contributed by atoms with Crippen LogP contribution in [0.3, 0.4) is 0 Å². The van der Waals surface area contributed by atoms with Gasteiger partial charge in [-0.1, -0.05) is 23.7 Å². The van der Waals surface area contributed by atoms with E-state index in [0.29, 0.717) is 10.8 Å². The molecule has 174 valence electrons. The van der Waals surface area contributed by atoms with E-state index in [2.05, 4.69) is 15.6 Å². The molecule has 0 spiro atoms. The SMILES string of the molecule is Cn1ccnc1C(NC(=O)CCNc1ccc(S(N)(=O)=O)cc1[N+](=O)[O-])c1ccc(Cl)cc1. The number of aryl methyl sites for hydroxylation is 1. The summed E-state index contributed by atoms with van der Waals surface area (Å²) in [7, 11) is -2.28. The number of nitrogens with two attached hydrogens (primary N) is 1. The molecule has 4 N–H and O–H groups in total. The molecule has 0 aliphatic heterocycles. The fraction of sp³-hybridized carbons (Fsp3) is 0.200. The number of carbonyl (C=O) groups excluding carboxylic acids is 1. The smallest absolute Gasteiger partial charge is 0.293 e. The summed E-state index contributed by atoms with van der Waals surface area (Å²) in [4.78, 5) is 27.2. The van der Waals surface area contributed by atoms with Crippen molar-refractivity contribution in [3.05, 3.63) is 81.4 Å². The summed E-state index contributed by atoms with van der Waals surface area (Å²) < 4.78 is 24.7. The van der Waals surface area contributed by atoms with Gasteiger partial charge in [0.2, 0.25) is 15.9 Å². The van der Waals surface area contributed by atoms with Gasteiger partial charge >= 0.3 is 0 Å². The van der Waals surface area contributed by atoms with E-state index in [0.717, 1.165) is 17.7 Å². The number of benzene rings is 2. The number of hydrogen-bond acceptors (Lipinski definition) is 7. The Kier molecular flexibility index (Phi) is 7.31. The van der Waals surface area contributed by atoms with E-state index in [-0.39, 0.29) is 29.5 Å². The molecule has 0 saturated carbocycles. The summed E-state index contributed by atoms with van der Waals surface area (Å²) in [5.41, 5.74) is 0.386. The number of anilines is 1. The Hall–Kier alpha value is -3.48. The predicted molar refractivity (Wildman–Crippen MR) is 122 cm³/mol. The Morgan fingerprint density at radius 1 is 1.27 bits per heavy atom. The molecule has 1 amide bonds. The lowest BCUT2D eigenvalue weighted by Crippen LogP contribution is -2.32. The van der Waals surface area contributed by atoms with Gasteiger partial charge in [-0.3, -0.25) is 14.9 Å². The van der Waals surface area contributed by atoms with Gasteiger partial charge in [0, 0.05) is 43.5 Å². The zero-order chi connectivity index (χ0) is 24.2. The number of hydrogen-bond donors (Lipinski definition) is 3. The summed E-state index contributed by atoms with van der Waals surface area (Å²) in [5.74, 6) is 0.294. The predicted octanol–water partition coefficient (Wildman–Crippen LogP) is 2.34. The minimum Gasteiger partial charge on any atom is -0.379 e. The highest BCUT2D eigenvalue weighted by Crippen LogP contribution is 2.27. The molecule has 1 atom stereocenters. The maximum atomic E-state index is 12.7. The van der Waals surface area contributed by atoms with Crippen LogP contribution in [0.25, 0.3) is 0 Å². The van der Waals surface area contributed by atoms with Gasteiger partial charge in [0.15, 0.2) is 0 Å². The van der Waals surface area contributed by atoms with Gasteiger partial charge in [0.25, 0.3) is 5.69 Å². The highest BCUT2D eigenvalue weighted by Gasteiger charge is 2.22. The van der Waals surface area contributed by atoms with Gasteiger partial charge in [0.1, 0.15) is 17.6 Å². The topological polar surface area (TPSA) is 162 Å². The largest absolute Gasteiger partial charge is 0.379 e. The van der Waals surface area contributed by atoms with Crippen molar-refractivity contribution >= 4 is 38.9 Å². The number of halogens is 1. The summed E-state index contributed by atoms with van der Waals surface area (Å²) >= 11 is 5.97. The van der Waals surface area contributed by atoms with Gasteiger partial charge < -0.3 is 15.2 Å². The van der Waals surface area contributed by atoms with Crippen LogP contribution < -0.4 is 15.8 Å². The van der Waals surface area contributed by atoms with Gasteiger partial charge in [-0.05, 0) is 29.8 Å². The highest BCUT2D eigenvalue weighted by molar-refractivity contribution is 7.89. The van der Waals surface area contributed by atoms with Crippen molar-refractivity contribution in [2.45, 2.75) is 17.4 Å². The van der Waals surface area contributed by atoms with Gasteiger partial charge in [-0.15, -0.1) is 0 Å². The van der Waals surface area contributed by atoms with Crippen LogP contribution in [0.15, 0.2) is 59.8 Å². The van der Waals surface area contributed by atoms with Crippen LogP contribution in [-0.2, 0) is 21.9 Å². The van der Waals surface area contributed by atoms with E-state index in [4.69, 9.17) is 16.7 Å². The van der Waals surface area contributed by atoms with Crippen molar-refractivity contribution in [2.24, 2.45) is 12.2 Å². The summed E-state index contributed by atoms with van der Waals surface area (Å²) in [6, 6.07) is 9.74. The molecule has 0 saturated heterocycles. The van der Waals surface area contributed by atoms with Crippen LogP contribution >= 0.6 is 11.6 Å². The number of nitro benzene ring substituents is 1. The molecule has 3 rings (SSSR count). The number of aromatic nitrogens is 2. The Morgan fingerprint density at radius 2 is 1.97 bits per heavy atom. The maximum absolute atomic E-state index is 12.7. The second-order valence-electron chi connectivity index (χ2n) is 7.11. The Bertz CT molecular complexity index is 1280. The standard InChI is InChI=1S/C20H21ClN6O5S/c1-26-11-10-24-20(26)19(13-2-4-14(21)5-3-13)25-18(28)8-9-23-16-7-6-15(33(22,31)32)12-17(16)27(29)30/h2-7,10-12,19,23H,8-9H2,1H3,(H,25,28)(H2,22,31,32). The Balaban J connectivity index is 1.70. The van der Waals surface area contributed by atoms with Crippen LogP contribution in [0.1, 0.15) is 23.9 Å². The third-order valence-electron chi connectivity index (χ3n) is 4.79. The lowest BCUT2D eigenvalue weighted by molar-refractivity contribution is -0.384. The first-order valence-electron chi connectivity index (χ1n) is 9.63. The van der Waals surface area contributed by atoms with Crippen LogP contribution in [0.5, 0.6) is 0 Å². The molecular formula is C20H21ClN6O5S. The minimum atomic E-state index is -4.09. The number of nitro groups is 1. The molecule has 0 fully saturated rings. The minimum absolute atomic E-state index is 0.0113. The molecule has 3 aromatic rings. The lowest BCUT2D eigenvalue weighted by atomic mass is 10.1. The van der Waals surface area contributed by atoms with Gasteiger partial charge in [-0.25, -0.2) is 18.5 Å². The average Bonchev–Trinajstić information content (AvgIpc) is 3.17. The first-order chi connectivity index (χ1) is 15.6. The van der Waals surface area contributed by atoms with Crippen LogP contribution in [0.4, 0.5) is 11.4 Å². The van der Waals surface area contributed by atoms with E-state index in [1.807, 2.05) is 7.05 Å². The lowest BCUT2D eigenvalue weighted by Gasteiger charge is -2.19. The second kappa shape index (κ2) is 9.98. The number of nitrogens with zero attached hydrogens (tertiary/aromatic N) is 3. The van der Waals surface area contributed by atoms with E-state index in [1.54, 1.807) is 41.2 Å². The molecule has 11 nitrogen and oxygen atoms in total. The molecule has 2 aromatic carbocycles. The number of amides is 1. The fourth-order valence-corrected chi connectivity index (χ4v) is 3.80. The molecule has 0 bridgehead atoms. The van der Waals surface area contributed by atoms with Crippen molar-refractivity contribution < 1.29 is 18.1 Å². The van der Waals surface area contributed by atoms with Crippen LogP contribution in [-0.4, -0.2) is 35.3 Å². The summed E-state index contributed by atoms with van der Waals surface area (Å²) in [5, 5.41) is 22.6. The number of nitrogens with one attached hydrogen (secondary N) is 2. The second-order valence-corrected chi connectivity index (χ2v) is 9.10. The molecule has 1 aromatic heterocycles. The van der Waals surface area contributed by atoms with Crippen LogP contribution in [0.2, 0.25) is 5.02 Å². The first-order valence-corrected chi connectivity index (χ1v) is 11.6. The quantitative estimate of drug-likeness (QED) is 0.305. The van der Waals surface area contributed by atoms with E-state index in [9.17, 15) is 23.3 Å². The molecule has 33 heavy (non-hydrogen) atoms. The van der Waals surface area contributed by atoms with Crippen molar-refractivity contribution in [3.63, 3.8) is 0 Å². The zero-order valence-corrected chi connectivity index (χ0v) is 19.0. The molecule has 13 heteroatoms. The number of sulfonamides is 1. The monoisotopic (exact) mass is 492 g/mol. The van der Waals surface area contributed by atoms with Crippen molar-refractivity contribution in [2.75, 3.05) is 11.9 Å². The summed E-state index contributed by atoms with van der Waals surface area (Å²) in [6.07, 6.45) is 3.37.